The van der Waals surface area contributed by atoms with Gasteiger partial charge in [0.05, 0.1) is 5.75 Å². The first-order valence-electron chi connectivity index (χ1n) is 5.31. The van der Waals surface area contributed by atoms with Crippen molar-refractivity contribution >= 4 is 10.8 Å². The Morgan fingerprint density at radius 1 is 1.44 bits per heavy atom. The van der Waals surface area contributed by atoms with E-state index in [2.05, 4.69) is 0 Å². The third-order valence-corrected chi connectivity index (χ3v) is 3.87. The minimum absolute atomic E-state index is 0.168. The van der Waals surface area contributed by atoms with Gasteiger partial charge in [-0.15, -0.1) is 0 Å². The van der Waals surface area contributed by atoms with Crippen LogP contribution in [-0.2, 0) is 16.4 Å². The second-order valence-electron chi connectivity index (χ2n) is 4.42. The highest BCUT2D eigenvalue weighted by molar-refractivity contribution is 7.84. The minimum atomic E-state index is -1.07. The standard InChI is InChI=1S/C12H15FO2S/c1-16(15)8-12(14,9-2-3-9)10-4-6-11(13)7-5-10/h4-7,9,14H,2-3,8H2,1H3/t12-,16+/m0/s1. The van der Waals surface area contributed by atoms with Crippen LogP contribution in [-0.4, -0.2) is 21.3 Å². The Kier molecular flexibility index (Phi) is 3.13. The summed E-state index contributed by atoms with van der Waals surface area (Å²) in [6.07, 6.45) is 3.48. The summed E-state index contributed by atoms with van der Waals surface area (Å²) >= 11 is 0. The van der Waals surface area contributed by atoms with Gasteiger partial charge in [-0.3, -0.25) is 4.21 Å². The maximum Gasteiger partial charge on any atom is 0.123 e. The van der Waals surface area contributed by atoms with E-state index in [0.29, 0.717) is 5.56 Å². The highest BCUT2D eigenvalue weighted by Crippen LogP contribution is 2.46. The van der Waals surface area contributed by atoms with Gasteiger partial charge < -0.3 is 5.11 Å². The van der Waals surface area contributed by atoms with Crippen LogP contribution < -0.4 is 0 Å². The van der Waals surface area contributed by atoms with E-state index in [1.807, 2.05) is 0 Å². The number of hydrogen-bond acceptors (Lipinski definition) is 2. The molecule has 1 aliphatic carbocycles. The van der Waals surface area contributed by atoms with Crippen LogP contribution in [0.3, 0.4) is 0 Å². The molecule has 0 radical (unpaired) electrons. The van der Waals surface area contributed by atoms with E-state index in [4.69, 9.17) is 0 Å². The Balaban J connectivity index is 2.31. The van der Waals surface area contributed by atoms with Crippen LogP contribution in [0.25, 0.3) is 0 Å². The van der Waals surface area contributed by atoms with Gasteiger partial charge in [-0.05, 0) is 36.5 Å². The van der Waals surface area contributed by atoms with Crippen LogP contribution in [0.4, 0.5) is 4.39 Å². The van der Waals surface area contributed by atoms with Crippen LogP contribution in [0.1, 0.15) is 18.4 Å². The molecule has 0 amide bonds. The second-order valence-corrected chi connectivity index (χ2v) is 5.86. The maximum atomic E-state index is 12.8. The first-order chi connectivity index (χ1) is 7.52. The molecular weight excluding hydrogens is 227 g/mol. The molecule has 4 heteroatoms. The van der Waals surface area contributed by atoms with Crippen molar-refractivity contribution in [1.82, 2.24) is 0 Å². The number of hydrogen-bond donors (Lipinski definition) is 1. The Hall–Kier alpha value is -0.740. The van der Waals surface area contributed by atoms with Crippen molar-refractivity contribution in [3.63, 3.8) is 0 Å². The summed E-state index contributed by atoms with van der Waals surface area (Å²) in [7, 11) is -1.07. The number of aliphatic hydroxyl groups is 1. The summed E-state index contributed by atoms with van der Waals surface area (Å²) in [6.45, 7) is 0. The van der Waals surface area contributed by atoms with Gasteiger partial charge in [-0.25, -0.2) is 4.39 Å². The summed E-state index contributed by atoms with van der Waals surface area (Å²) in [5.41, 5.74) is -0.376. The van der Waals surface area contributed by atoms with Crippen molar-refractivity contribution < 1.29 is 13.7 Å². The summed E-state index contributed by atoms with van der Waals surface area (Å²) in [4.78, 5) is 0. The minimum Gasteiger partial charge on any atom is -0.384 e. The molecule has 2 nitrogen and oxygen atoms in total. The second kappa shape index (κ2) is 4.26. The van der Waals surface area contributed by atoms with Gasteiger partial charge in [0.25, 0.3) is 0 Å². The van der Waals surface area contributed by atoms with Crippen molar-refractivity contribution in [1.29, 1.82) is 0 Å². The molecule has 16 heavy (non-hydrogen) atoms. The van der Waals surface area contributed by atoms with E-state index in [9.17, 15) is 13.7 Å². The average Bonchev–Trinajstić information content (AvgIpc) is 3.00. The van der Waals surface area contributed by atoms with E-state index < -0.39 is 16.4 Å². The molecule has 1 saturated carbocycles. The summed E-state index contributed by atoms with van der Waals surface area (Å²) in [6, 6.07) is 5.84. The molecule has 0 saturated heterocycles. The molecule has 0 bridgehead atoms. The van der Waals surface area contributed by atoms with E-state index in [1.54, 1.807) is 18.4 Å². The molecule has 88 valence electrons. The summed E-state index contributed by atoms with van der Waals surface area (Å²) in [5.74, 6) is 0.0740. The fraction of sp³-hybridized carbons (Fsp3) is 0.500. The average molecular weight is 242 g/mol. The molecular formula is C12H15FO2S. The molecule has 0 aliphatic heterocycles. The lowest BCUT2D eigenvalue weighted by Crippen LogP contribution is -2.34. The first kappa shape index (κ1) is 11.7. The van der Waals surface area contributed by atoms with E-state index >= 15 is 0 Å². The molecule has 0 heterocycles. The fourth-order valence-electron chi connectivity index (χ4n) is 2.05. The maximum absolute atomic E-state index is 12.8. The SMILES string of the molecule is C[S@@](=O)C[C@@](O)(c1ccc(F)cc1)C1CC1. The van der Waals surface area contributed by atoms with E-state index in [1.165, 1.54) is 12.1 Å². The summed E-state index contributed by atoms with van der Waals surface area (Å²) < 4.78 is 24.1. The third-order valence-electron chi connectivity index (χ3n) is 3.02. The highest BCUT2D eigenvalue weighted by Gasteiger charge is 2.45. The van der Waals surface area contributed by atoms with Crippen LogP contribution in [0, 0.1) is 11.7 Å². The van der Waals surface area contributed by atoms with Gasteiger partial charge >= 0.3 is 0 Å². The van der Waals surface area contributed by atoms with Crippen molar-refractivity contribution in [2.75, 3.05) is 12.0 Å². The van der Waals surface area contributed by atoms with E-state index in [0.717, 1.165) is 12.8 Å². The topological polar surface area (TPSA) is 37.3 Å². The molecule has 1 aromatic rings. The molecule has 2 atom stereocenters. The first-order valence-corrected chi connectivity index (χ1v) is 7.03. The molecule has 2 rings (SSSR count). The lowest BCUT2D eigenvalue weighted by atomic mass is 9.91. The molecule has 0 spiro atoms. The van der Waals surface area contributed by atoms with Crippen molar-refractivity contribution in [2.24, 2.45) is 5.92 Å². The van der Waals surface area contributed by atoms with Gasteiger partial charge in [-0.2, -0.15) is 0 Å². The molecule has 1 N–H and O–H groups in total. The zero-order chi connectivity index (χ0) is 11.8. The fourth-order valence-corrected chi connectivity index (χ4v) is 3.07. The lowest BCUT2D eigenvalue weighted by Gasteiger charge is -2.27. The lowest BCUT2D eigenvalue weighted by molar-refractivity contribution is 0.0375. The van der Waals surface area contributed by atoms with Crippen molar-refractivity contribution in [3.05, 3.63) is 35.6 Å². The largest absolute Gasteiger partial charge is 0.384 e. The third kappa shape index (κ3) is 2.33. The smallest absolute Gasteiger partial charge is 0.123 e. The van der Waals surface area contributed by atoms with Crippen LogP contribution in [0.15, 0.2) is 24.3 Å². The van der Waals surface area contributed by atoms with Crippen LogP contribution in [0.2, 0.25) is 0 Å². The number of benzene rings is 1. The Labute approximate surface area is 96.9 Å². The predicted molar refractivity (Wildman–Crippen MR) is 62.0 cm³/mol. The highest BCUT2D eigenvalue weighted by atomic mass is 32.2. The van der Waals surface area contributed by atoms with Gasteiger partial charge in [0, 0.05) is 17.1 Å². The predicted octanol–water partition coefficient (Wildman–Crippen LogP) is 1.80. The zero-order valence-electron chi connectivity index (χ0n) is 9.15. The zero-order valence-corrected chi connectivity index (χ0v) is 9.97. The van der Waals surface area contributed by atoms with Gasteiger partial charge in [0.2, 0.25) is 0 Å². The Bertz CT molecular complexity index is 400. The molecule has 1 aromatic carbocycles. The molecule has 1 fully saturated rings. The molecule has 1 aliphatic rings. The van der Waals surface area contributed by atoms with Crippen LogP contribution in [0.5, 0.6) is 0 Å². The van der Waals surface area contributed by atoms with Crippen molar-refractivity contribution in [3.8, 4) is 0 Å². The van der Waals surface area contributed by atoms with Gasteiger partial charge in [0.15, 0.2) is 0 Å². The Morgan fingerprint density at radius 3 is 2.44 bits per heavy atom. The Morgan fingerprint density at radius 2 is 2.00 bits per heavy atom. The van der Waals surface area contributed by atoms with Crippen LogP contribution >= 0.6 is 0 Å². The number of halogens is 1. The monoisotopic (exact) mass is 242 g/mol. The number of rotatable bonds is 4. The quantitative estimate of drug-likeness (QED) is 0.874. The molecule has 0 aromatic heterocycles. The molecule has 0 unspecified atom stereocenters. The summed E-state index contributed by atoms with van der Waals surface area (Å²) in [5, 5.41) is 10.6. The van der Waals surface area contributed by atoms with E-state index in [-0.39, 0.29) is 17.5 Å². The van der Waals surface area contributed by atoms with Gasteiger partial charge in [0.1, 0.15) is 11.4 Å². The van der Waals surface area contributed by atoms with Crippen molar-refractivity contribution in [2.45, 2.75) is 18.4 Å². The normalized spacial score (nSPS) is 21.4. The van der Waals surface area contributed by atoms with Gasteiger partial charge in [-0.1, -0.05) is 12.1 Å².